The fraction of sp³-hybridized carbons (Fsp3) is 0.308. The normalized spacial score (nSPS) is 11.1. The number of aromatic amines is 1. The van der Waals surface area contributed by atoms with Gasteiger partial charge in [-0.1, -0.05) is 32.0 Å². The molecule has 0 spiro atoms. The van der Waals surface area contributed by atoms with Crippen LogP contribution in [0.3, 0.4) is 0 Å². The maximum Gasteiger partial charge on any atom is 0.141 e. The zero-order valence-electron chi connectivity index (χ0n) is 9.08. The smallest absolute Gasteiger partial charge is 0.141 e. The van der Waals surface area contributed by atoms with E-state index >= 15 is 0 Å². The molecule has 0 saturated heterocycles. The number of rotatable bonds is 3. The van der Waals surface area contributed by atoms with Gasteiger partial charge in [0.25, 0.3) is 0 Å². The maximum atomic E-state index is 11.6. The molecule has 0 saturated carbocycles. The summed E-state index contributed by atoms with van der Waals surface area (Å²) in [6, 6.07) is 10.1. The SMILES string of the molecule is CC(C)C(=O)Cc1cc2ccccc2[nH]1. The molecule has 0 unspecified atom stereocenters. The van der Waals surface area contributed by atoms with Crippen LogP contribution in [0.5, 0.6) is 0 Å². The zero-order chi connectivity index (χ0) is 10.8. The molecule has 0 aliphatic carbocycles. The van der Waals surface area contributed by atoms with E-state index in [9.17, 15) is 4.79 Å². The number of hydrogen-bond acceptors (Lipinski definition) is 1. The highest BCUT2D eigenvalue weighted by Gasteiger charge is 2.09. The predicted octanol–water partition coefficient (Wildman–Crippen LogP) is 2.94. The highest BCUT2D eigenvalue weighted by molar-refractivity contribution is 5.85. The summed E-state index contributed by atoms with van der Waals surface area (Å²) in [6.07, 6.45) is 0.506. The second-order valence-corrected chi connectivity index (χ2v) is 4.18. The van der Waals surface area contributed by atoms with Gasteiger partial charge in [0.2, 0.25) is 0 Å². The zero-order valence-corrected chi connectivity index (χ0v) is 9.08. The first kappa shape index (κ1) is 9.97. The van der Waals surface area contributed by atoms with Crippen molar-refractivity contribution >= 4 is 16.7 Å². The largest absolute Gasteiger partial charge is 0.358 e. The van der Waals surface area contributed by atoms with Gasteiger partial charge in [-0.15, -0.1) is 0 Å². The summed E-state index contributed by atoms with van der Waals surface area (Å²) in [4.78, 5) is 14.8. The minimum absolute atomic E-state index is 0.108. The molecule has 2 rings (SSSR count). The molecule has 0 amide bonds. The molecule has 0 fully saturated rings. The Morgan fingerprint density at radius 1 is 1.33 bits per heavy atom. The average molecular weight is 201 g/mol. The van der Waals surface area contributed by atoms with Gasteiger partial charge in [0.05, 0.1) is 0 Å². The van der Waals surface area contributed by atoms with Crippen LogP contribution in [-0.4, -0.2) is 10.8 Å². The van der Waals surface area contributed by atoms with Gasteiger partial charge in [-0.2, -0.15) is 0 Å². The third kappa shape index (κ3) is 2.09. The predicted molar refractivity (Wildman–Crippen MR) is 61.8 cm³/mol. The first-order chi connectivity index (χ1) is 7.16. The van der Waals surface area contributed by atoms with Gasteiger partial charge in [0.15, 0.2) is 0 Å². The van der Waals surface area contributed by atoms with Gasteiger partial charge in [-0.25, -0.2) is 0 Å². The number of Topliss-reactive ketones (excluding diaryl/α,β-unsaturated/α-hetero) is 1. The summed E-state index contributed by atoms with van der Waals surface area (Å²) in [5, 5.41) is 1.17. The Labute approximate surface area is 89.3 Å². The van der Waals surface area contributed by atoms with Gasteiger partial charge < -0.3 is 4.98 Å². The Kier molecular flexibility index (Phi) is 2.58. The molecular formula is C13H15NO. The molecule has 0 aliphatic heterocycles. The lowest BCUT2D eigenvalue weighted by Gasteiger charge is -2.00. The molecule has 2 aromatic rings. The number of nitrogens with one attached hydrogen (secondary N) is 1. The number of hydrogen-bond donors (Lipinski definition) is 1. The second kappa shape index (κ2) is 3.89. The monoisotopic (exact) mass is 201 g/mol. The van der Waals surface area contributed by atoms with Crippen LogP contribution in [-0.2, 0) is 11.2 Å². The van der Waals surface area contributed by atoms with Crippen LogP contribution in [0.25, 0.3) is 10.9 Å². The van der Waals surface area contributed by atoms with E-state index < -0.39 is 0 Å². The van der Waals surface area contributed by atoms with Crippen molar-refractivity contribution in [1.29, 1.82) is 0 Å². The first-order valence-electron chi connectivity index (χ1n) is 5.26. The van der Waals surface area contributed by atoms with Gasteiger partial charge in [0.1, 0.15) is 5.78 Å². The lowest BCUT2D eigenvalue weighted by Crippen LogP contribution is -2.10. The highest BCUT2D eigenvalue weighted by atomic mass is 16.1. The van der Waals surface area contributed by atoms with E-state index in [2.05, 4.69) is 17.1 Å². The van der Waals surface area contributed by atoms with Crippen molar-refractivity contribution in [2.45, 2.75) is 20.3 Å². The summed E-state index contributed by atoms with van der Waals surface area (Å²) >= 11 is 0. The molecule has 0 bridgehead atoms. The van der Waals surface area contributed by atoms with Gasteiger partial charge >= 0.3 is 0 Å². The molecule has 1 N–H and O–H groups in total. The summed E-state index contributed by atoms with van der Waals surface area (Å²) in [7, 11) is 0. The lowest BCUT2D eigenvalue weighted by molar-refractivity contribution is -0.121. The second-order valence-electron chi connectivity index (χ2n) is 4.18. The third-order valence-corrected chi connectivity index (χ3v) is 2.59. The van der Waals surface area contributed by atoms with Crippen molar-refractivity contribution in [2.75, 3.05) is 0 Å². The number of H-pyrrole nitrogens is 1. The van der Waals surface area contributed by atoms with E-state index in [0.29, 0.717) is 6.42 Å². The van der Waals surface area contributed by atoms with Crippen molar-refractivity contribution in [1.82, 2.24) is 4.98 Å². The van der Waals surface area contributed by atoms with Gasteiger partial charge in [-0.3, -0.25) is 4.79 Å². The fourth-order valence-corrected chi connectivity index (χ4v) is 1.62. The minimum Gasteiger partial charge on any atom is -0.358 e. The van der Waals surface area contributed by atoms with Crippen molar-refractivity contribution in [2.24, 2.45) is 5.92 Å². The molecular weight excluding hydrogens is 186 g/mol. The Bertz CT molecular complexity index is 449. The molecule has 1 heterocycles. The maximum absolute atomic E-state index is 11.6. The number of ketones is 1. The number of aromatic nitrogens is 1. The third-order valence-electron chi connectivity index (χ3n) is 2.59. The van der Waals surface area contributed by atoms with Crippen LogP contribution in [0.2, 0.25) is 0 Å². The number of carbonyl (C=O) groups excluding carboxylic acids is 1. The quantitative estimate of drug-likeness (QED) is 0.813. The minimum atomic E-state index is 0.108. The molecule has 15 heavy (non-hydrogen) atoms. The van der Waals surface area contributed by atoms with Crippen molar-refractivity contribution < 1.29 is 4.79 Å². The number of benzene rings is 1. The van der Waals surface area contributed by atoms with Crippen molar-refractivity contribution in [3.63, 3.8) is 0 Å². The Morgan fingerprint density at radius 2 is 2.07 bits per heavy atom. The van der Waals surface area contributed by atoms with Crippen LogP contribution in [0.15, 0.2) is 30.3 Å². The van der Waals surface area contributed by atoms with E-state index in [0.717, 1.165) is 11.2 Å². The molecule has 0 aliphatic rings. The van der Waals surface area contributed by atoms with Crippen LogP contribution < -0.4 is 0 Å². The molecule has 78 valence electrons. The topological polar surface area (TPSA) is 32.9 Å². The van der Waals surface area contributed by atoms with Crippen LogP contribution in [0, 0.1) is 5.92 Å². The van der Waals surface area contributed by atoms with Gasteiger partial charge in [0, 0.05) is 23.5 Å². The Hall–Kier alpha value is -1.57. The average Bonchev–Trinajstić information content (AvgIpc) is 2.59. The van der Waals surface area contributed by atoms with Crippen molar-refractivity contribution in [3.8, 4) is 0 Å². The van der Waals surface area contributed by atoms with Crippen LogP contribution >= 0.6 is 0 Å². The molecule has 0 radical (unpaired) electrons. The highest BCUT2D eigenvalue weighted by Crippen LogP contribution is 2.15. The molecule has 2 nitrogen and oxygen atoms in total. The summed E-state index contributed by atoms with van der Waals surface area (Å²) in [5.74, 6) is 0.387. The fourth-order valence-electron chi connectivity index (χ4n) is 1.62. The van der Waals surface area contributed by atoms with E-state index in [-0.39, 0.29) is 11.7 Å². The first-order valence-corrected chi connectivity index (χ1v) is 5.26. The Morgan fingerprint density at radius 3 is 2.73 bits per heavy atom. The standard InChI is InChI=1S/C13H15NO/c1-9(2)13(15)8-11-7-10-5-3-4-6-12(10)14-11/h3-7,9,14H,8H2,1-2H3. The summed E-state index contributed by atoms with van der Waals surface area (Å²) in [5.41, 5.74) is 2.11. The summed E-state index contributed by atoms with van der Waals surface area (Å²) < 4.78 is 0. The Balaban J connectivity index is 2.26. The van der Waals surface area contributed by atoms with Crippen LogP contribution in [0.1, 0.15) is 19.5 Å². The number of fused-ring (bicyclic) bond motifs is 1. The lowest BCUT2D eigenvalue weighted by atomic mass is 10.0. The molecule has 1 aromatic carbocycles. The molecule has 0 atom stereocenters. The van der Waals surface area contributed by atoms with E-state index in [4.69, 9.17) is 0 Å². The van der Waals surface area contributed by atoms with Crippen molar-refractivity contribution in [3.05, 3.63) is 36.0 Å². The molecule has 2 heteroatoms. The number of carbonyl (C=O) groups is 1. The number of para-hydroxylation sites is 1. The van der Waals surface area contributed by atoms with Crippen LogP contribution in [0.4, 0.5) is 0 Å². The van der Waals surface area contributed by atoms with Gasteiger partial charge in [-0.05, 0) is 17.5 Å². The summed E-state index contributed by atoms with van der Waals surface area (Å²) in [6.45, 7) is 3.87. The molecule has 1 aromatic heterocycles. The van der Waals surface area contributed by atoms with E-state index in [1.165, 1.54) is 5.39 Å². The van der Waals surface area contributed by atoms with E-state index in [1.807, 2.05) is 32.0 Å². The van der Waals surface area contributed by atoms with E-state index in [1.54, 1.807) is 0 Å².